The number of hydrogen-bond acceptors (Lipinski definition) is 2. The number of carbonyl (C=O) groups is 1. The molecule has 4 fully saturated rings. The monoisotopic (exact) mass is 288 g/mol. The van der Waals surface area contributed by atoms with Crippen molar-refractivity contribution in [2.45, 2.75) is 26.4 Å². The molecule has 0 atom stereocenters. The summed E-state index contributed by atoms with van der Waals surface area (Å²) in [5, 5.41) is 9.55. The maximum Gasteiger partial charge on any atom is 0.246 e. The van der Waals surface area contributed by atoms with Crippen molar-refractivity contribution in [2.24, 2.45) is 10.8 Å². The molecule has 0 amide bonds. The van der Waals surface area contributed by atoms with Crippen LogP contribution in [0, 0.1) is 10.8 Å². The number of phenolic OH excluding ortho intramolecular Hbond substituents is 1. The molecule has 112 valence electrons. The standard InChI is InChI=1S/C17H22N2O2/c1-15-8-18-10-16(2,14(15)21)11-19(9-15)17(18,3)12-4-6-13(20)7-5-12/h4-7,20H,8-11H2,1-3H3/p+2. The van der Waals surface area contributed by atoms with Crippen molar-refractivity contribution >= 4 is 5.78 Å². The van der Waals surface area contributed by atoms with E-state index in [1.165, 1.54) is 15.4 Å². The SMILES string of the molecule is CC12C[NH+]3CC(C)(C[NH+](C1)C3(C)c1ccc(O)cc1)C2=O. The second-order valence-electron chi connectivity index (χ2n) is 8.04. The predicted molar refractivity (Wildman–Crippen MR) is 78.1 cm³/mol. The van der Waals surface area contributed by atoms with Crippen LogP contribution in [-0.4, -0.2) is 37.1 Å². The molecule has 21 heavy (non-hydrogen) atoms. The quantitative estimate of drug-likeness (QED) is 0.618. The van der Waals surface area contributed by atoms with Gasteiger partial charge in [0.05, 0.1) is 12.5 Å². The highest BCUT2D eigenvalue weighted by Crippen LogP contribution is 2.37. The molecule has 5 rings (SSSR count). The summed E-state index contributed by atoms with van der Waals surface area (Å²) in [6.45, 7) is 10.4. The summed E-state index contributed by atoms with van der Waals surface area (Å²) in [5.41, 5.74) is 0.940. The second-order valence-corrected chi connectivity index (χ2v) is 8.04. The minimum atomic E-state index is -0.160. The number of piperidine rings is 2. The molecule has 1 aromatic rings. The number of ketones is 1. The van der Waals surface area contributed by atoms with E-state index in [0.29, 0.717) is 11.5 Å². The third kappa shape index (κ3) is 1.49. The van der Waals surface area contributed by atoms with Crippen LogP contribution < -0.4 is 9.80 Å². The van der Waals surface area contributed by atoms with Crippen LogP contribution in [0.1, 0.15) is 26.3 Å². The fraction of sp³-hybridized carbons (Fsp3) is 0.588. The zero-order valence-corrected chi connectivity index (χ0v) is 13.0. The molecule has 0 spiro atoms. The Morgan fingerprint density at radius 2 is 1.33 bits per heavy atom. The van der Waals surface area contributed by atoms with Crippen molar-refractivity contribution < 1.29 is 19.7 Å². The Morgan fingerprint density at radius 1 is 0.905 bits per heavy atom. The van der Waals surface area contributed by atoms with Gasteiger partial charge in [0.1, 0.15) is 42.8 Å². The topological polar surface area (TPSA) is 46.2 Å². The highest BCUT2D eigenvalue weighted by molar-refractivity contribution is 5.91. The van der Waals surface area contributed by atoms with Crippen LogP contribution in [0.4, 0.5) is 0 Å². The van der Waals surface area contributed by atoms with Crippen molar-refractivity contribution in [3.8, 4) is 5.75 Å². The van der Waals surface area contributed by atoms with Gasteiger partial charge in [0.25, 0.3) is 0 Å². The van der Waals surface area contributed by atoms with Gasteiger partial charge in [-0.25, -0.2) is 0 Å². The molecule has 0 radical (unpaired) electrons. The number of phenols is 1. The smallest absolute Gasteiger partial charge is 0.246 e. The number of aromatic hydroxyl groups is 1. The number of carbonyl (C=O) groups excluding carboxylic acids is 1. The molecule has 4 heteroatoms. The van der Waals surface area contributed by atoms with Crippen molar-refractivity contribution in [3.05, 3.63) is 29.8 Å². The van der Waals surface area contributed by atoms with E-state index in [9.17, 15) is 9.90 Å². The Morgan fingerprint density at radius 3 is 1.76 bits per heavy atom. The molecule has 0 unspecified atom stereocenters. The first-order valence-electron chi connectivity index (χ1n) is 7.83. The molecule has 4 bridgehead atoms. The highest BCUT2D eigenvalue weighted by Gasteiger charge is 2.72. The van der Waals surface area contributed by atoms with Crippen molar-refractivity contribution in [1.82, 2.24) is 0 Å². The molecule has 1 aromatic carbocycles. The number of benzene rings is 1. The van der Waals surface area contributed by atoms with Crippen molar-refractivity contribution in [2.75, 3.05) is 26.2 Å². The Labute approximate surface area is 125 Å². The van der Waals surface area contributed by atoms with Gasteiger partial charge >= 0.3 is 0 Å². The molecule has 4 heterocycles. The van der Waals surface area contributed by atoms with E-state index in [1.807, 2.05) is 12.1 Å². The summed E-state index contributed by atoms with van der Waals surface area (Å²) in [6.07, 6.45) is 0. The molecule has 4 saturated heterocycles. The van der Waals surface area contributed by atoms with E-state index in [4.69, 9.17) is 0 Å². The summed E-state index contributed by atoms with van der Waals surface area (Å²) >= 11 is 0. The van der Waals surface area contributed by atoms with Gasteiger partial charge in [0, 0.05) is 0 Å². The first kappa shape index (κ1) is 13.3. The molecule has 4 aliphatic rings. The summed E-state index contributed by atoms with van der Waals surface area (Å²) in [6, 6.07) is 7.65. The zero-order chi connectivity index (χ0) is 15.0. The van der Waals surface area contributed by atoms with E-state index in [-0.39, 0.29) is 16.5 Å². The molecule has 4 aliphatic heterocycles. The maximum absolute atomic E-state index is 12.7. The third-order valence-electron chi connectivity index (χ3n) is 6.37. The van der Waals surface area contributed by atoms with Gasteiger partial charge in [-0.15, -0.1) is 0 Å². The Balaban J connectivity index is 1.81. The van der Waals surface area contributed by atoms with E-state index in [1.54, 1.807) is 12.1 Å². The first-order chi connectivity index (χ1) is 9.78. The van der Waals surface area contributed by atoms with Gasteiger partial charge in [0.2, 0.25) is 5.66 Å². The van der Waals surface area contributed by atoms with Crippen LogP contribution in [0.25, 0.3) is 0 Å². The average molecular weight is 288 g/mol. The predicted octanol–water partition coefficient (Wildman–Crippen LogP) is -1.04. The lowest BCUT2D eigenvalue weighted by atomic mass is 9.60. The van der Waals surface area contributed by atoms with Crippen LogP contribution in [0.5, 0.6) is 5.75 Å². The Bertz CT molecular complexity index is 582. The fourth-order valence-corrected chi connectivity index (χ4v) is 5.34. The van der Waals surface area contributed by atoms with E-state index in [2.05, 4.69) is 20.8 Å². The number of quaternary nitrogens is 2. The number of rotatable bonds is 1. The minimum Gasteiger partial charge on any atom is -0.508 e. The molecular weight excluding hydrogens is 264 g/mol. The summed E-state index contributed by atoms with van der Waals surface area (Å²) < 4.78 is 0. The van der Waals surface area contributed by atoms with Crippen LogP contribution in [0.15, 0.2) is 24.3 Å². The van der Waals surface area contributed by atoms with E-state index in [0.717, 1.165) is 26.2 Å². The lowest BCUT2D eigenvalue weighted by Gasteiger charge is -2.63. The van der Waals surface area contributed by atoms with Gasteiger partial charge < -0.3 is 5.11 Å². The second kappa shape index (κ2) is 3.68. The zero-order valence-electron chi connectivity index (χ0n) is 13.0. The molecule has 0 aliphatic carbocycles. The summed E-state index contributed by atoms with van der Waals surface area (Å²) in [4.78, 5) is 15.8. The normalized spacial score (nSPS) is 47.9. The summed E-state index contributed by atoms with van der Waals surface area (Å²) in [7, 11) is 0. The largest absolute Gasteiger partial charge is 0.508 e. The molecule has 0 saturated carbocycles. The number of nitrogens with one attached hydrogen (secondary N) is 2. The van der Waals surface area contributed by atoms with E-state index < -0.39 is 0 Å². The van der Waals surface area contributed by atoms with Crippen molar-refractivity contribution in [1.29, 1.82) is 0 Å². The van der Waals surface area contributed by atoms with Gasteiger partial charge in [-0.05, 0) is 38.1 Å². The molecule has 3 N–H and O–H groups in total. The van der Waals surface area contributed by atoms with Crippen molar-refractivity contribution in [3.63, 3.8) is 0 Å². The minimum absolute atomic E-state index is 0.00653. The maximum atomic E-state index is 12.7. The Hall–Kier alpha value is -1.39. The lowest BCUT2D eigenvalue weighted by Crippen LogP contribution is -3.47. The van der Waals surface area contributed by atoms with Gasteiger partial charge in [0.15, 0.2) is 5.78 Å². The molecular formula is C17H24N2O2+2. The third-order valence-corrected chi connectivity index (χ3v) is 6.37. The Kier molecular flexibility index (Phi) is 2.33. The van der Waals surface area contributed by atoms with Gasteiger partial charge in [-0.2, -0.15) is 0 Å². The van der Waals surface area contributed by atoms with Gasteiger partial charge in [-0.1, -0.05) is 0 Å². The fourth-order valence-electron chi connectivity index (χ4n) is 5.34. The van der Waals surface area contributed by atoms with Crippen LogP contribution >= 0.6 is 0 Å². The first-order valence-corrected chi connectivity index (χ1v) is 7.83. The molecule has 4 nitrogen and oxygen atoms in total. The summed E-state index contributed by atoms with van der Waals surface area (Å²) in [5.74, 6) is 0.797. The van der Waals surface area contributed by atoms with Crippen LogP contribution in [0.3, 0.4) is 0 Å². The number of hydrogen-bond donors (Lipinski definition) is 3. The van der Waals surface area contributed by atoms with Gasteiger partial charge in [-0.3, -0.25) is 14.6 Å². The highest BCUT2D eigenvalue weighted by atomic mass is 16.3. The molecule has 0 aromatic heterocycles. The van der Waals surface area contributed by atoms with E-state index >= 15 is 0 Å². The van der Waals surface area contributed by atoms with Crippen LogP contribution in [-0.2, 0) is 10.5 Å². The van der Waals surface area contributed by atoms with Crippen LogP contribution in [0.2, 0.25) is 0 Å². The lowest BCUT2D eigenvalue weighted by molar-refractivity contribution is -1.21. The number of Topliss-reactive ketones (excluding diaryl/α,β-unsaturated/α-hetero) is 1. The average Bonchev–Trinajstić information content (AvgIpc) is 2.41.